The van der Waals surface area contributed by atoms with Gasteiger partial charge >= 0.3 is 6.03 Å². The molecule has 5 heteroatoms. The van der Waals surface area contributed by atoms with Gasteiger partial charge in [-0.2, -0.15) is 0 Å². The summed E-state index contributed by atoms with van der Waals surface area (Å²) in [6.07, 6.45) is 6.42. The minimum atomic E-state index is -0.187. The fourth-order valence-electron chi connectivity index (χ4n) is 2.71. The second-order valence-corrected chi connectivity index (χ2v) is 5.71. The third kappa shape index (κ3) is 4.00. The molecule has 5 nitrogen and oxygen atoms in total. The van der Waals surface area contributed by atoms with E-state index in [1.807, 2.05) is 37.4 Å². The number of pyridine rings is 1. The highest BCUT2D eigenvalue weighted by Gasteiger charge is 2.11. The van der Waals surface area contributed by atoms with Crippen LogP contribution in [0, 0.1) is 6.92 Å². The highest BCUT2D eigenvalue weighted by Crippen LogP contribution is 2.27. The number of carbonyl (C=O) groups excluding carboxylic acids is 1. The third-order valence-electron chi connectivity index (χ3n) is 3.98. The number of benzene rings is 1. The normalized spacial score (nSPS) is 12.9. The second kappa shape index (κ2) is 7.13. The topological polar surface area (TPSA) is 63.2 Å². The molecule has 0 saturated carbocycles. The molecule has 2 heterocycles. The number of aryl methyl sites for hydroxylation is 2. The van der Waals surface area contributed by atoms with Crippen LogP contribution in [-0.2, 0) is 12.8 Å². The van der Waals surface area contributed by atoms with Crippen molar-refractivity contribution in [1.82, 2.24) is 10.3 Å². The molecule has 2 N–H and O–H groups in total. The average Bonchev–Trinajstić information content (AvgIpc) is 2.56. The van der Waals surface area contributed by atoms with Crippen LogP contribution in [0.3, 0.4) is 0 Å². The molecular weight excluding hydrogens is 290 g/mol. The van der Waals surface area contributed by atoms with Crippen LogP contribution in [0.1, 0.15) is 23.1 Å². The van der Waals surface area contributed by atoms with Gasteiger partial charge in [0.15, 0.2) is 0 Å². The van der Waals surface area contributed by atoms with Crippen LogP contribution in [0.5, 0.6) is 5.75 Å². The molecule has 2 amide bonds. The van der Waals surface area contributed by atoms with Gasteiger partial charge in [-0.05, 0) is 67.1 Å². The molecular formula is C18H21N3O2. The first kappa shape index (κ1) is 15.3. The van der Waals surface area contributed by atoms with Gasteiger partial charge in [0.2, 0.25) is 0 Å². The standard InChI is InChI=1S/C18H21N3O2/c1-13-12-19-8-6-14(13)7-9-20-18(22)21-16-4-5-17-15(11-16)3-2-10-23-17/h4-6,8,11-12H,2-3,7,9-10H2,1H3,(H2,20,21,22). The Hall–Kier alpha value is -2.56. The maximum atomic E-state index is 12.0. The van der Waals surface area contributed by atoms with Crippen molar-refractivity contribution in [2.75, 3.05) is 18.5 Å². The number of amides is 2. The Kier molecular flexibility index (Phi) is 4.76. The summed E-state index contributed by atoms with van der Waals surface area (Å²) in [6.45, 7) is 3.39. The van der Waals surface area contributed by atoms with Crippen LogP contribution in [0.25, 0.3) is 0 Å². The summed E-state index contributed by atoms with van der Waals surface area (Å²) in [4.78, 5) is 16.1. The van der Waals surface area contributed by atoms with Crippen molar-refractivity contribution in [3.63, 3.8) is 0 Å². The number of aromatic nitrogens is 1. The first-order valence-corrected chi connectivity index (χ1v) is 7.92. The van der Waals surface area contributed by atoms with Gasteiger partial charge in [-0.3, -0.25) is 4.98 Å². The predicted octanol–water partition coefficient (Wildman–Crippen LogP) is 3.08. The summed E-state index contributed by atoms with van der Waals surface area (Å²) in [5.74, 6) is 0.926. The summed E-state index contributed by atoms with van der Waals surface area (Å²) >= 11 is 0. The number of hydrogen-bond acceptors (Lipinski definition) is 3. The Labute approximate surface area is 136 Å². The van der Waals surface area contributed by atoms with Crippen molar-refractivity contribution in [2.45, 2.75) is 26.2 Å². The second-order valence-electron chi connectivity index (χ2n) is 5.71. The molecule has 0 saturated heterocycles. The molecule has 1 aromatic heterocycles. The summed E-state index contributed by atoms with van der Waals surface area (Å²) in [5.41, 5.74) is 4.30. The lowest BCUT2D eigenvalue weighted by Crippen LogP contribution is -2.30. The lowest BCUT2D eigenvalue weighted by atomic mass is 10.1. The number of urea groups is 1. The predicted molar refractivity (Wildman–Crippen MR) is 90.0 cm³/mol. The van der Waals surface area contributed by atoms with E-state index in [9.17, 15) is 4.79 Å². The van der Waals surface area contributed by atoms with Crippen LogP contribution in [-0.4, -0.2) is 24.2 Å². The number of carbonyl (C=O) groups is 1. The Morgan fingerprint density at radius 1 is 1.35 bits per heavy atom. The molecule has 0 radical (unpaired) electrons. The summed E-state index contributed by atoms with van der Waals surface area (Å²) in [5, 5.41) is 5.76. The Bertz CT molecular complexity index is 700. The zero-order valence-electron chi connectivity index (χ0n) is 13.3. The molecule has 1 aliphatic heterocycles. The van der Waals surface area contributed by atoms with Gasteiger partial charge in [-0.15, -0.1) is 0 Å². The molecule has 0 aliphatic carbocycles. The van der Waals surface area contributed by atoms with Gasteiger partial charge < -0.3 is 15.4 Å². The Morgan fingerprint density at radius 3 is 3.13 bits per heavy atom. The number of rotatable bonds is 4. The molecule has 0 spiro atoms. The number of anilines is 1. The van der Waals surface area contributed by atoms with Crippen LogP contribution < -0.4 is 15.4 Å². The smallest absolute Gasteiger partial charge is 0.319 e. The van der Waals surface area contributed by atoms with Crippen molar-refractivity contribution >= 4 is 11.7 Å². The van der Waals surface area contributed by atoms with E-state index in [0.717, 1.165) is 48.4 Å². The van der Waals surface area contributed by atoms with Gasteiger partial charge in [0.1, 0.15) is 5.75 Å². The van der Waals surface area contributed by atoms with Crippen molar-refractivity contribution < 1.29 is 9.53 Å². The number of ether oxygens (including phenoxy) is 1. The van der Waals surface area contributed by atoms with Crippen LogP contribution in [0.2, 0.25) is 0 Å². The largest absolute Gasteiger partial charge is 0.493 e. The monoisotopic (exact) mass is 311 g/mol. The fourth-order valence-corrected chi connectivity index (χ4v) is 2.71. The first-order valence-electron chi connectivity index (χ1n) is 7.92. The quantitative estimate of drug-likeness (QED) is 0.912. The van der Waals surface area contributed by atoms with Gasteiger partial charge in [0, 0.05) is 24.6 Å². The maximum absolute atomic E-state index is 12.0. The van der Waals surface area contributed by atoms with E-state index in [1.54, 1.807) is 6.20 Å². The summed E-state index contributed by atoms with van der Waals surface area (Å²) in [6, 6.07) is 7.58. The van der Waals surface area contributed by atoms with Gasteiger partial charge in [-0.1, -0.05) is 0 Å². The molecule has 0 fully saturated rings. The lowest BCUT2D eigenvalue weighted by Gasteiger charge is -2.18. The van der Waals surface area contributed by atoms with Crippen molar-refractivity contribution in [2.24, 2.45) is 0 Å². The molecule has 0 bridgehead atoms. The van der Waals surface area contributed by atoms with E-state index in [-0.39, 0.29) is 6.03 Å². The lowest BCUT2D eigenvalue weighted by molar-refractivity contribution is 0.252. The van der Waals surface area contributed by atoms with E-state index in [2.05, 4.69) is 15.6 Å². The van der Waals surface area contributed by atoms with E-state index >= 15 is 0 Å². The molecule has 3 rings (SSSR count). The zero-order chi connectivity index (χ0) is 16.1. The molecule has 1 aromatic carbocycles. The van der Waals surface area contributed by atoms with E-state index in [4.69, 9.17) is 4.74 Å². The highest BCUT2D eigenvalue weighted by atomic mass is 16.5. The maximum Gasteiger partial charge on any atom is 0.319 e. The molecule has 1 aliphatic rings. The average molecular weight is 311 g/mol. The number of nitrogens with one attached hydrogen (secondary N) is 2. The minimum Gasteiger partial charge on any atom is -0.493 e. The molecule has 23 heavy (non-hydrogen) atoms. The van der Waals surface area contributed by atoms with Crippen molar-refractivity contribution in [3.8, 4) is 5.75 Å². The van der Waals surface area contributed by atoms with Crippen LogP contribution in [0.15, 0.2) is 36.7 Å². The fraction of sp³-hybridized carbons (Fsp3) is 0.333. The minimum absolute atomic E-state index is 0.187. The van der Waals surface area contributed by atoms with Gasteiger partial charge in [-0.25, -0.2) is 4.79 Å². The third-order valence-corrected chi connectivity index (χ3v) is 3.98. The zero-order valence-corrected chi connectivity index (χ0v) is 13.3. The highest BCUT2D eigenvalue weighted by molar-refractivity contribution is 5.89. The van der Waals surface area contributed by atoms with Gasteiger partial charge in [0.05, 0.1) is 6.61 Å². The summed E-state index contributed by atoms with van der Waals surface area (Å²) in [7, 11) is 0. The van der Waals surface area contributed by atoms with Crippen molar-refractivity contribution in [1.29, 1.82) is 0 Å². The SMILES string of the molecule is Cc1cnccc1CCNC(=O)Nc1ccc2c(c1)CCCO2. The Balaban J connectivity index is 1.50. The molecule has 120 valence electrons. The van der Waals surface area contributed by atoms with Gasteiger partial charge in [0.25, 0.3) is 0 Å². The Morgan fingerprint density at radius 2 is 2.26 bits per heavy atom. The van der Waals surface area contributed by atoms with Crippen LogP contribution >= 0.6 is 0 Å². The first-order chi connectivity index (χ1) is 11.2. The molecule has 2 aromatic rings. The number of nitrogens with zero attached hydrogens (tertiary/aromatic N) is 1. The number of hydrogen-bond donors (Lipinski definition) is 2. The van der Waals surface area contributed by atoms with Crippen molar-refractivity contribution in [3.05, 3.63) is 53.3 Å². The molecule has 0 atom stereocenters. The van der Waals surface area contributed by atoms with Crippen LogP contribution in [0.4, 0.5) is 10.5 Å². The number of fused-ring (bicyclic) bond motifs is 1. The summed E-state index contributed by atoms with van der Waals surface area (Å²) < 4.78 is 5.58. The van der Waals surface area contributed by atoms with E-state index in [0.29, 0.717) is 6.54 Å². The molecule has 0 unspecified atom stereocenters. The van der Waals surface area contributed by atoms with E-state index in [1.165, 1.54) is 5.56 Å². The van der Waals surface area contributed by atoms with E-state index < -0.39 is 0 Å².